The highest BCUT2D eigenvalue weighted by atomic mass is 14.6. The van der Waals surface area contributed by atoms with Crippen LogP contribution >= 0.6 is 0 Å². The second-order valence-electron chi connectivity index (χ2n) is 8.70. The van der Waals surface area contributed by atoms with Gasteiger partial charge >= 0.3 is 0 Å². The van der Waals surface area contributed by atoms with Crippen LogP contribution in [0.15, 0.2) is 22.8 Å². The normalized spacial score (nSPS) is 42.0. The fourth-order valence-electron chi connectivity index (χ4n) is 6.86. The maximum Gasteiger partial charge on any atom is -0.0108 e. The van der Waals surface area contributed by atoms with E-state index < -0.39 is 0 Å². The first-order valence-electron chi connectivity index (χ1n) is 10.5. The third kappa shape index (κ3) is 2.75. The van der Waals surface area contributed by atoms with Gasteiger partial charge in [-0.2, -0.15) is 0 Å². The molecule has 0 bridgehead atoms. The quantitative estimate of drug-likeness (QED) is 0.445. The van der Waals surface area contributed by atoms with Crippen LogP contribution in [-0.2, 0) is 0 Å². The van der Waals surface area contributed by atoms with Crippen molar-refractivity contribution in [1.29, 1.82) is 0 Å². The van der Waals surface area contributed by atoms with Gasteiger partial charge in [0.1, 0.15) is 0 Å². The Morgan fingerprint density at radius 3 is 2.65 bits per heavy atom. The first-order chi connectivity index (χ1) is 11.1. The molecule has 0 spiro atoms. The highest BCUT2D eigenvalue weighted by Crippen LogP contribution is 2.63. The van der Waals surface area contributed by atoms with Crippen LogP contribution in [0.1, 0.15) is 92.4 Å². The van der Waals surface area contributed by atoms with Crippen LogP contribution in [0.5, 0.6) is 0 Å². The van der Waals surface area contributed by atoms with E-state index in [4.69, 9.17) is 0 Å². The predicted molar refractivity (Wildman–Crippen MR) is 101 cm³/mol. The van der Waals surface area contributed by atoms with Crippen LogP contribution < -0.4 is 0 Å². The van der Waals surface area contributed by atoms with Crippen molar-refractivity contribution < 1.29 is 0 Å². The highest BCUT2D eigenvalue weighted by Gasteiger charge is 2.54. The van der Waals surface area contributed by atoms with Crippen LogP contribution in [0, 0.1) is 29.1 Å². The summed E-state index contributed by atoms with van der Waals surface area (Å²) in [6.07, 6.45) is 15.5. The van der Waals surface area contributed by atoms with E-state index in [2.05, 4.69) is 26.8 Å². The topological polar surface area (TPSA) is 0 Å². The van der Waals surface area contributed by atoms with Crippen molar-refractivity contribution in [3.8, 4) is 0 Å². The molecule has 3 unspecified atom stereocenters. The van der Waals surface area contributed by atoms with E-state index in [0.29, 0.717) is 5.41 Å². The van der Waals surface area contributed by atoms with Crippen LogP contribution in [0.4, 0.5) is 0 Å². The molecule has 0 saturated heterocycles. The van der Waals surface area contributed by atoms with Crippen molar-refractivity contribution in [2.45, 2.75) is 92.4 Å². The van der Waals surface area contributed by atoms with Crippen molar-refractivity contribution >= 4 is 0 Å². The fourth-order valence-corrected chi connectivity index (χ4v) is 6.86. The Labute approximate surface area is 144 Å². The molecule has 4 rings (SSSR count). The summed E-state index contributed by atoms with van der Waals surface area (Å²) in [6.45, 7) is 11.4. The minimum absolute atomic E-state index is 0.689. The number of allylic oxidation sites excluding steroid dienone is 4. The molecule has 4 aliphatic carbocycles. The smallest absolute Gasteiger partial charge is 0.0108 e. The third-order valence-electron chi connectivity index (χ3n) is 7.97. The van der Waals surface area contributed by atoms with Crippen LogP contribution in [0.3, 0.4) is 0 Å². The molecule has 0 radical (unpaired) electrons. The summed E-state index contributed by atoms with van der Waals surface area (Å²) in [5.41, 5.74) is 6.07. The Bertz CT molecular complexity index is 494. The summed E-state index contributed by atoms with van der Waals surface area (Å²) in [7, 11) is 0. The van der Waals surface area contributed by atoms with E-state index >= 15 is 0 Å². The number of hydrogen-bond acceptors (Lipinski definition) is 0. The fraction of sp³-hybridized carbons (Fsp3) is 0.826. The zero-order valence-corrected chi connectivity index (χ0v) is 16.3. The molecule has 0 heteroatoms. The lowest BCUT2D eigenvalue weighted by molar-refractivity contribution is 0.0134. The van der Waals surface area contributed by atoms with Crippen molar-refractivity contribution in [2.75, 3.05) is 0 Å². The lowest BCUT2D eigenvalue weighted by atomic mass is 9.53. The van der Waals surface area contributed by atoms with E-state index in [1.165, 1.54) is 57.8 Å². The largest absolute Gasteiger partial charge is 0.0812 e. The molecule has 0 amide bonds. The van der Waals surface area contributed by atoms with E-state index in [1.807, 2.05) is 25.0 Å². The molecule has 0 aliphatic heterocycles. The second kappa shape index (κ2) is 6.77. The molecule has 0 aromatic rings. The average Bonchev–Trinajstić information content (AvgIpc) is 2.92. The molecule has 0 aromatic heterocycles. The van der Waals surface area contributed by atoms with Gasteiger partial charge in [0.15, 0.2) is 0 Å². The molecule has 2 saturated carbocycles. The molecule has 4 aliphatic rings. The lowest BCUT2D eigenvalue weighted by Crippen LogP contribution is -2.43. The first-order valence-corrected chi connectivity index (χ1v) is 10.5. The summed E-state index contributed by atoms with van der Waals surface area (Å²) in [5.74, 6) is 4.06. The van der Waals surface area contributed by atoms with Crippen LogP contribution in [-0.4, -0.2) is 0 Å². The molecule has 5 atom stereocenters. The highest BCUT2D eigenvalue weighted by molar-refractivity contribution is 5.33. The molecule has 0 aromatic carbocycles. The Hall–Kier alpha value is -0.520. The summed E-state index contributed by atoms with van der Waals surface area (Å²) in [6, 6.07) is 0. The molecule has 23 heavy (non-hydrogen) atoms. The summed E-state index contributed by atoms with van der Waals surface area (Å²) in [5, 5.41) is 0. The molecule has 0 nitrogen and oxygen atoms in total. The first kappa shape index (κ1) is 17.3. The Morgan fingerprint density at radius 1 is 1.13 bits per heavy atom. The van der Waals surface area contributed by atoms with E-state index in [-0.39, 0.29) is 0 Å². The predicted octanol–water partition coefficient (Wildman–Crippen LogP) is 7.31. The molecule has 2 fully saturated rings. The number of fused-ring (bicyclic) bond motifs is 4. The molecule has 0 heterocycles. The Balaban J connectivity index is 0.000000753. The van der Waals surface area contributed by atoms with Crippen molar-refractivity contribution in [3.05, 3.63) is 22.8 Å². The van der Waals surface area contributed by atoms with Gasteiger partial charge in [0, 0.05) is 0 Å². The number of hydrogen-bond donors (Lipinski definition) is 0. The van der Waals surface area contributed by atoms with E-state index in [9.17, 15) is 0 Å². The van der Waals surface area contributed by atoms with Crippen molar-refractivity contribution in [2.24, 2.45) is 29.1 Å². The zero-order valence-electron chi connectivity index (χ0n) is 16.3. The van der Waals surface area contributed by atoms with Gasteiger partial charge in [-0.3, -0.25) is 0 Å². The summed E-state index contributed by atoms with van der Waals surface area (Å²) < 4.78 is 0. The molecular weight excluding hydrogens is 276 g/mol. The van der Waals surface area contributed by atoms with Gasteiger partial charge in [-0.25, -0.2) is 0 Å². The molecule has 0 N–H and O–H groups in total. The minimum atomic E-state index is 0.689. The van der Waals surface area contributed by atoms with Crippen molar-refractivity contribution in [3.63, 3.8) is 0 Å². The molecule has 130 valence electrons. The average molecular weight is 315 g/mol. The van der Waals surface area contributed by atoms with Crippen molar-refractivity contribution in [1.82, 2.24) is 0 Å². The summed E-state index contributed by atoms with van der Waals surface area (Å²) in [4.78, 5) is 0. The monoisotopic (exact) mass is 314 g/mol. The second-order valence-corrected chi connectivity index (χ2v) is 8.70. The molecular formula is C23H38. The van der Waals surface area contributed by atoms with Gasteiger partial charge in [0.25, 0.3) is 0 Å². The lowest BCUT2D eigenvalue weighted by Gasteiger charge is -2.52. The van der Waals surface area contributed by atoms with E-state index in [1.54, 1.807) is 5.57 Å². The minimum Gasteiger partial charge on any atom is -0.0812 e. The van der Waals surface area contributed by atoms with Gasteiger partial charge < -0.3 is 0 Å². The Morgan fingerprint density at radius 2 is 1.91 bits per heavy atom. The van der Waals surface area contributed by atoms with Crippen LogP contribution in [0.2, 0.25) is 0 Å². The van der Waals surface area contributed by atoms with Gasteiger partial charge in [-0.05, 0) is 87.4 Å². The number of rotatable bonds is 1. The van der Waals surface area contributed by atoms with Gasteiger partial charge in [-0.15, -0.1) is 0 Å². The Kier molecular flexibility index (Phi) is 5.09. The van der Waals surface area contributed by atoms with Crippen LogP contribution in [0.25, 0.3) is 0 Å². The SMILES string of the molecule is CC.CC[C@H]1CCC2C3CCC4=C(CC=C(C)C4)C3CC[C@@]21C. The maximum absolute atomic E-state index is 2.66. The zero-order chi connectivity index (χ0) is 16.6. The third-order valence-corrected chi connectivity index (χ3v) is 7.97. The van der Waals surface area contributed by atoms with E-state index in [0.717, 1.165) is 23.7 Å². The van der Waals surface area contributed by atoms with Gasteiger partial charge in [-0.1, -0.05) is 56.9 Å². The summed E-state index contributed by atoms with van der Waals surface area (Å²) >= 11 is 0. The van der Waals surface area contributed by atoms with Gasteiger partial charge in [0.2, 0.25) is 0 Å². The van der Waals surface area contributed by atoms with Gasteiger partial charge in [0.05, 0.1) is 0 Å². The standard InChI is InChI=1S/C21H32.C2H6/c1-4-16-7-10-20-19-9-6-15-13-14(2)5-8-17(15)18(19)11-12-21(16,20)3;1-2/h5,16,18-20H,4,6-13H2,1-3H3;1-2H3/t16-,18?,19?,20?,21+;/m0./s1. The maximum atomic E-state index is 2.66.